The van der Waals surface area contributed by atoms with Crippen LogP contribution in [0.4, 0.5) is 0 Å². The van der Waals surface area contributed by atoms with Crippen LogP contribution in [0.15, 0.2) is 0 Å². The van der Waals surface area contributed by atoms with Crippen LogP contribution < -0.4 is 5.32 Å². The van der Waals surface area contributed by atoms with Crippen LogP contribution in [0.3, 0.4) is 0 Å². The zero-order valence-electron chi connectivity index (χ0n) is 7.64. The van der Waals surface area contributed by atoms with E-state index in [1.807, 2.05) is 0 Å². The number of nitrogens with one attached hydrogen (secondary N) is 1. The van der Waals surface area contributed by atoms with Crippen LogP contribution in [0.2, 0.25) is 0 Å². The molecule has 1 aliphatic heterocycles. The SMILES string of the molecule is CCCOCCC1CCNC1=O. The molecule has 70 valence electrons. The van der Waals surface area contributed by atoms with Gasteiger partial charge in [0.25, 0.3) is 0 Å². The van der Waals surface area contributed by atoms with Crippen LogP contribution in [-0.2, 0) is 9.53 Å². The van der Waals surface area contributed by atoms with Gasteiger partial charge in [-0.25, -0.2) is 0 Å². The standard InChI is InChI=1S/C9H17NO2/c1-2-6-12-7-4-8-3-5-10-9(8)11/h8H,2-7H2,1H3,(H,10,11). The first-order valence-corrected chi connectivity index (χ1v) is 4.70. The molecule has 0 aromatic heterocycles. The van der Waals surface area contributed by atoms with E-state index in [9.17, 15) is 4.79 Å². The molecule has 1 unspecified atom stereocenters. The highest BCUT2D eigenvalue weighted by atomic mass is 16.5. The second-order valence-electron chi connectivity index (χ2n) is 3.18. The zero-order valence-corrected chi connectivity index (χ0v) is 7.64. The molecule has 0 spiro atoms. The van der Waals surface area contributed by atoms with Gasteiger partial charge in [-0.15, -0.1) is 0 Å². The van der Waals surface area contributed by atoms with E-state index in [1.165, 1.54) is 0 Å². The lowest BCUT2D eigenvalue weighted by molar-refractivity contribution is -0.122. The van der Waals surface area contributed by atoms with Gasteiger partial charge < -0.3 is 10.1 Å². The third-order valence-electron chi connectivity index (χ3n) is 2.12. The average Bonchev–Trinajstić information content (AvgIpc) is 2.46. The Labute approximate surface area is 73.5 Å². The van der Waals surface area contributed by atoms with Crippen LogP contribution in [0.25, 0.3) is 0 Å². The van der Waals surface area contributed by atoms with E-state index in [-0.39, 0.29) is 11.8 Å². The number of ether oxygens (including phenoxy) is 1. The maximum atomic E-state index is 11.1. The molecule has 0 bridgehead atoms. The Morgan fingerprint density at radius 1 is 1.58 bits per heavy atom. The number of rotatable bonds is 5. The van der Waals surface area contributed by atoms with Crippen LogP contribution in [0.5, 0.6) is 0 Å². The predicted octanol–water partition coefficient (Wildman–Crippen LogP) is 0.939. The molecule has 0 aromatic carbocycles. The maximum Gasteiger partial charge on any atom is 0.223 e. The summed E-state index contributed by atoms with van der Waals surface area (Å²) in [6, 6.07) is 0. The molecular formula is C9H17NO2. The highest BCUT2D eigenvalue weighted by Crippen LogP contribution is 2.13. The molecule has 1 heterocycles. The van der Waals surface area contributed by atoms with Crippen LogP contribution in [0, 0.1) is 5.92 Å². The van der Waals surface area contributed by atoms with E-state index in [1.54, 1.807) is 0 Å². The molecule has 0 saturated carbocycles. The lowest BCUT2D eigenvalue weighted by Crippen LogP contribution is -2.20. The first kappa shape index (κ1) is 9.52. The minimum Gasteiger partial charge on any atom is -0.381 e. The first-order chi connectivity index (χ1) is 5.84. The van der Waals surface area contributed by atoms with Crippen molar-refractivity contribution < 1.29 is 9.53 Å². The van der Waals surface area contributed by atoms with Crippen molar-refractivity contribution >= 4 is 5.91 Å². The van der Waals surface area contributed by atoms with Gasteiger partial charge in [0.05, 0.1) is 0 Å². The monoisotopic (exact) mass is 171 g/mol. The van der Waals surface area contributed by atoms with Crippen molar-refractivity contribution in [2.75, 3.05) is 19.8 Å². The minimum absolute atomic E-state index is 0.204. The second kappa shape index (κ2) is 5.14. The van der Waals surface area contributed by atoms with Gasteiger partial charge in [0.2, 0.25) is 5.91 Å². The lowest BCUT2D eigenvalue weighted by Gasteiger charge is -2.06. The van der Waals surface area contributed by atoms with E-state index >= 15 is 0 Å². The van der Waals surface area contributed by atoms with E-state index in [0.717, 1.165) is 39.0 Å². The van der Waals surface area contributed by atoms with Gasteiger partial charge in [-0.3, -0.25) is 4.79 Å². The molecule has 0 aromatic rings. The minimum atomic E-state index is 0.204. The fourth-order valence-corrected chi connectivity index (χ4v) is 1.39. The van der Waals surface area contributed by atoms with Crippen molar-refractivity contribution in [3.8, 4) is 0 Å². The molecule has 12 heavy (non-hydrogen) atoms. The van der Waals surface area contributed by atoms with Crippen molar-refractivity contribution in [2.45, 2.75) is 26.2 Å². The quantitative estimate of drug-likeness (QED) is 0.625. The molecule has 3 nitrogen and oxygen atoms in total. The van der Waals surface area contributed by atoms with E-state index < -0.39 is 0 Å². The lowest BCUT2D eigenvalue weighted by atomic mass is 10.1. The van der Waals surface area contributed by atoms with Crippen molar-refractivity contribution in [3.05, 3.63) is 0 Å². The van der Waals surface area contributed by atoms with E-state index in [4.69, 9.17) is 4.74 Å². The maximum absolute atomic E-state index is 11.1. The molecule has 0 aliphatic carbocycles. The molecule has 3 heteroatoms. The molecule has 1 amide bonds. The summed E-state index contributed by atoms with van der Waals surface area (Å²) >= 11 is 0. The molecule has 1 atom stereocenters. The normalized spacial score (nSPS) is 22.8. The highest BCUT2D eigenvalue weighted by molar-refractivity contribution is 5.80. The molecule has 0 radical (unpaired) electrons. The van der Waals surface area contributed by atoms with E-state index in [2.05, 4.69) is 12.2 Å². The third kappa shape index (κ3) is 2.81. The number of amides is 1. The van der Waals surface area contributed by atoms with Gasteiger partial charge in [0.15, 0.2) is 0 Å². The van der Waals surface area contributed by atoms with Gasteiger partial charge in [0, 0.05) is 25.7 Å². The summed E-state index contributed by atoms with van der Waals surface area (Å²) in [5, 5.41) is 2.82. The first-order valence-electron chi connectivity index (χ1n) is 4.70. The Kier molecular flexibility index (Phi) is 4.08. The third-order valence-corrected chi connectivity index (χ3v) is 2.12. The molecule has 1 N–H and O–H groups in total. The van der Waals surface area contributed by atoms with Crippen molar-refractivity contribution in [1.29, 1.82) is 0 Å². The Morgan fingerprint density at radius 3 is 3.00 bits per heavy atom. The van der Waals surface area contributed by atoms with Gasteiger partial charge in [-0.1, -0.05) is 6.92 Å². The summed E-state index contributed by atoms with van der Waals surface area (Å²) in [5.41, 5.74) is 0. The largest absolute Gasteiger partial charge is 0.381 e. The summed E-state index contributed by atoms with van der Waals surface area (Å²) in [5.74, 6) is 0.414. The molecule has 1 aliphatic rings. The van der Waals surface area contributed by atoms with Crippen molar-refractivity contribution in [2.24, 2.45) is 5.92 Å². The Bertz CT molecular complexity index is 147. The summed E-state index contributed by atoms with van der Waals surface area (Å²) in [6.07, 6.45) is 2.91. The summed E-state index contributed by atoms with van der Waals surface area (Å²) in [4.78, 5) is 11.1. The average molecular weight is 171 g/mol. The highest BCUT2D eigenvalue weighted by Gasteiger charge is 2.22. The van der Waals surface area contributed by atoms with Crippen LogP contribution in [0.1, 0.15) is 26.2 Å². The van der Waals surface area contributed by atoms with Gasteiger partial charge >= 0.3 is 0 Å². The molecule has 1 rings (SSSR count). The van der Waals surface area contributed by atoms with Crippen molar-refractivity contribution in [3.63, 3.8) is 0 Å². The van der Waals surface area contributed by atoms with Crippen molar-refractivity contribution in [1.82, 2.24) is 5.32 Å². The predicted molar refractivity (Wildman–Crippen MR) is 46.8 cm³/mol. The van der Waals surface area contributed by atoms with E-state index in [0.29, 0.717) is 0 Å². The smallest absolute Gasteiger partial charge is 0.223 e. The number of hydrogen-bond acceptors (Lipinski definition) is 2. The fraction of sp³-hybridized carbons (Fsp3) is 0.889. The van der Waals surface area contributed by atoms with Gasteiger partial charge in [-0.05, 0) is 19.3 Å². The number of carbonyl (C=O) groups is 1. The molecule has 1 saturated heterocycles. The Morgan fingerprint density at radius 2 is 2.42 bits per heavy atom. The topological polar surface area (TPSA) is 38.3 Å². The summed E-state index contributed by atoms with van der Waals surface area (Å²) in [6.45, 7) is 4.47. The summed E-state index contributed by atoms with van der Waals surface area (Å²) in [7, 11) is 0. The Balaban J connectivity index is 2.02. The second-order valence-corrected chi connectivity index (χ2v) is 3.18. The number of carbonyl (C=O) groups excluding carboxylic acids is 1. The fourth-order valence-electron chi connectivity index (χ4n) is 1.39. The van der Waals surface area contributed by atoms with Gasteiger partial charge in [-0.2, -0.15) is 0 Å². The van der Waals surface area contributed by atoms with Gasteiger partial charge in [0.1, 0.15) is 0 Å². The summed E-state index contributed by atoms with van der Waals surface area (Å²) < 4.78 is 5.31. The Hall–Kier alpha value is -0.570. The molecule has 1 fully saturated rings. The zero-order chi connectivity index (χ0) is 8.81. The van der Waals surface area contributed by atoms with Crippen LogP contribution in [-0.4, -0.2) is 25.7 Å². The number of hydrogen-bond donors (Lipinski definition) is 1. The molecular weight excluding hydrogens is 154 g/mol. The van der Waals surface area contributed by atoms with Crippen LogP contribution >= 0.6 is 0 Å².